The Bertz CT molecular complexity index is 492. The Morgan fingerprint density at radius 1 is 1.37 bits per heavy atom. The van der Waals surface area contributed by atoms with E-state index in [1.165, 1.54) is 11.0 Å². The third-order valence-electron chi connectivity index (χ3n) is 2.67. The Kier molecular flexibility index (Phi) is 5.30. The van der Waals surface area contributed by atoms with E-state index in [1.807, 2.05) is 31.2 Å². The standard InChI is InChI=1S/C15H19NO3/c1-11(2)16(10-15(18)19)14(17)8-7-13-6-4-5-12(3)9-13/h4-9,11H,10H2,1-3H3,(H,18,19)/b8-7+. The van der Waals surface area contributed by atoms with E-state index in [0.717, 1.165) is 11.1 Å². The van der Waals surface area contributed by atoms with Gasteiger partial charge in [-0.3, -0.25) is 9.59 Å². The van der Waals surface area contributed by atoms with E-state index in [0.29, 0.717) is 0 Å². The second-order valence-corrected chi connectivity index (χ2v) is 4.70. The van der Waals surface area contributed by atoms with Crippen molar-refractivity contribution in [1.82, 2.24) is 4.90 Å². The number of nitrogens with zero attached hydrogens (tertiary/aromatic N) is 1. The molecule has 0 unspecified atom stereocenters. The molecule has 1 rings (SSSR count). The summed E-state index contributed by atoms with van der Waals surface area (Å²) in [7, 11) is 0. The number of amides is 1. The molecule has 0 radical (unpaired) electrons. The summed E-state index contributed by atoms with van der Waals surface area (Å²) in [6.45, 7) is 5.28. The smallest absolute Gasteiger partial charge is 0.323 e. The van der Waals surface area contributed by atoms with Gasteiger partial charge in [-0.2, -0.15) is 0 Å². The van der Waals surface area contributed by atoms with Crippen molar-refractivity contribution in [2.24, 2.45) is 0 Å². The molecule has 0 aliphatic rings. The van der Waals surface area contributed by atoms with Gasteiger partial charge in [0.05, 0.1) is 0 Å². The maximum Gasteiger partial charge on any atom is 0.323 e. The Labute approximate surface area is 113 Å². The maximum atomic E-state index is 12.0. The molecule has 102 valence electrons. The van der Waals surface area contributed by atoms with Crippen LogP contribution in [0.1, 0.15) is 25.0 Å². The molecule has 4 nitrogen and oxygen atoms in total. The fourth-order valence-electron chi connectivity index (χ4n) is 1.70. The van der Waals surface area contributed by atoms with Crippen LogP contribution in [0.2, 0.25) is 0 Å². The van der Waals surface area contributed by atoms with Gasteiger partial charge in [-0.1, -0.05) is 29.8 Å². The molecule has 1 amide bonds. The number of rotatable bonds is 5. The highest BCUT2D eigenvalue weighted by Gasteiger charge is 2.17. The van der Waals surface area contributed by atoms with E-state index in [9.17, 15) is 9.59 Å². The summed E-state index contributed by atoms with van der Waals surface area (Å²) in [5.74, 6) is -1.30. The van der Waals surface area contributed by atoms with Crippen LogP contribution in [0.3, 0.4) is 0 Å². The van der Waals surface area contributed by atoms with Crippen LogP contribution >= 0.6 is 0 Å². The van der Waals surface area contributed by atoms with Crippen LogP contribution in [0.15, 0.2) is 30.3 Å². The molecule has 0 bridgehead atoms. The number of aliphatic carboxylic acids is 1. The normalized spacial score (nSPS) is 10.9. The molecule has 0 spiro atoms. The molecule has 0 fully saturated rings. The van der Waals surface area contributed by atoms with Crippen LogP contribution in [0, 0.1) is 6.92 Å². The van der Waals surface area contributed by atoms with Gasteiger partial charge in [0.1, 0.15) is 6.54 Å². The first kappa shape index (κ1) is 15.0. The number of carboxylic acids is 1. The number of carboxylic acid groups (broad SMARTS) is 1. The average molecular weight is 261 g/mol. The highest BCUT2D eigenvalue weighted by atomic mass is 16.4. The molecule has 0 aromatic heterocycles. The summed E-state index contributed by atoms with van der Waals surface area (Å²) in [6, 6.07) is 7.60. The second kappa shape index (κ2) is 6.73. The average Bonchev–Trinajstić information content (AvgIpc) is 2.32. The summed E-state index contributed by atoms with van der Waals surface area (Å²) in [6.07, 6.45) is 3.12. The number of hydrogen-bond donors (Lipinski definition) is 1. The molecule has 0 saturated carbocycles. The predicted molar refractivity (Wildman–Crippen MR) is 74.7 cm³/mol. The Morgan fingerprint density at radius 2 is 2.05 bits per heavy atom. The minimum Gasteiger partial charge on any atom is -0.480 e. The summed E-state index contributed by atoms with van der Waals surface area (Å²) in [5.41, 5.74) is 2.04. The Hall–Kier alpha value is -2.10. The lowest BCUT2D eigenvalue weighted by atomic mass is 10.1. The van der Waals surface area contributed by atoms with Gasteiger partial charge in [-0.05, 0) is 32.4 Å². The maximum absolute atomic E-state index is 12.0. The monoisotopic (exact) mass is 261 g/mol. The van der Waals surface area contributed by atoms with Gasteiger partial charge in [-0.25, -0.2) is 0 Å². The summed E-state index contributed by atoms with van der Waals surface area (Å²) in [5, 5.41) is 8.79. The zero-order chi connectivity index (χ0) is 14.4. The number of carbonyl (C=O) groups is 2. The van der Waals surface area contributed by atoms with Crippen LogP contribution in [-0.2, 0) is 9.59 Å². The van der Waals surface area contributed by atoms with Crippen molar-refractivity contribution in [3.05, 3.63) is 41.5 Å². The molecule has 0 aliphatic heterocycles. The topological polar surface area (TPSA) is 57.6 Å². The fraction of sp³-hybridized carbons (Fsp3) is 0.333. The Balaban J connectivity index is 2.79. The van der Waals surface area contributed by atoms with Gasteiger partial charge in [0.25, 0.3) is 0 Å². The summed E-state index contributed by atoms with van der Waals surface area (Å²) < 4.78 is 0. The largest absolute Gasteiger partial charge is 0.480 e. The van der Waals surface area contributed by atoms with Crippen molar-refractivity contribution >= 4 is 18.0 Å². The lowest BCUT2D eigenvalue weighted by Crippen LogP contribution is -2.39. The van der Waals surface area contributed by atoms with E-state index in [4.69, 9.17) is 5.11 Å². The quantitative estimate of drug-likeness (QED) is 0.828. The van der Waals surface area contributed by atoms with Crippen molar-refractivity contribution < 1.29 is 14.7 Å². The van der Waals surface area contributed by atoms with Crippen LogP contribution in [0.4, 0.5) is 0 Å². The Morgan fingerprint density at radius 3 is 2.58 bits per heavy atom. The first-order valence-electron chi connectivity index (χ1n) is 6.17. The van der Waals surface area contributed by atoms with Crippen molar-refractivity contribution in [3.8, 4) is 0 Å². The molecule has 4 heteroatoms. The molecule has 1 aromatic carbocycles. The molecule has 1 N–H and O–H groups in total. The number of aryl methyl sites for hydroxylation is 1. The molecule has 0 saturated heterocycles. The van der Waals surface area contributed by atoms with Crippen LogP contribution in [-0.4, -0.2) is 34.5 Å². The highest BCUT2D eigenvalue weighted by molar-refractivity contribution is 5.93. The van der Waals surface area contributed by atoms with E-state index >= 15 is 0 Å². The first-order valence-corrected chi connectivity index (χ1v) is 6.17. The van der Waals surface area contributed by atoms with E-state index in [1.54, 1.807) is 19.9 Å². The van der Waals surface area contributed by atoms with E-state index < -0.39 is 5.97 Å². The molecule has 19 heavy (non-hydrogen) atoms. The minimum absolute atomic E-state index is 0.147. The number of benzene rings is 1. The predicted octanol–water partition coefficient (Wildman–Crippen LogP) is 2.33. The van der Waals surface area contributed by atoms with Gasteiger partial charge < -0.3 is 10.0 Å². The third-order valence-corrected chi connectivity index (χ3v) is 2.67. The molecule has 1 aromatic rings. The zero-order valence-electron chi connectivity index (χ0n) is 11.5. The van der Waals surface area contributed by atoms with Gasteiger partial charge >= 0.3 is 5.97 Å². The second-order valence-electron chi connectivity index (χ2n) is 4.70. The molecular formula is C15H19NO3. The van der Waals surface area contributed by atoms with E-state index in [-0.39, 0.29) is 18.5 Å². The summed E-state index contributed by atoms with van der Waals surface area (Å²) in [4.78, 5) is 24.0. The molecule has 0 aliphatic carbocycles. The third kappa shape index (κ3) is 4.95. The van der Waals surface area contributed by atoms with Gasteiger partial charge in [0.15, 0.2) is 0 Å². The van der Waals surface area contributed by atoms with Crippen LogP contribution in [0.5, 0.6) is 0 Å². The highest BCUT2D eigenvalue weighted by Crippen LogP contribution is 2.07. The zero-order valence-corrected chi connectivity index (χ0v) is 11.5. The van der Waals surface area contributed by atoms with Crippen molar-refractivity contribution in [2.75, 3.05) is 6.54 Å². The van der Waals surface area contributed by atoms with E-state index in [2.05, 4.69) is 0 Å². The fourth-order valence-corrected chi connectivity index (χ4v) is 1.70. The molecule has 0 heterocycles. The first-order chi connectivity index (χ1) is 8.90. The summed E-state index contributed by atoms with van der Waals surface area (Å²) >= 11 is 0. The van der Waals surface area contributed by atoms with Crippen LogP contribution < -0.4 is 0 Å². The van der Waals surface area contributed by atoms with Crippen molar-refractivity contribution in [3.63, 3.8) is 0 Å². The van der Waals surface area contributed by atoms with Gasteiger partial charge in [0, 0.05) is 12.1 Å². The number of carbonyl (C=O) groups excluding carboxylic acids is 1. The molecule has 0 atom stereocenters. The van der Waals surface area contributed by atoms with Gasteiger partial charge in [0.2, 0.25) is 5.91 Å². The van der Waals surface area contributed by atoms with Crippen molar-refractivity contribution in [2.45, 2.75) is 26.8 Å². The SMILES string of the molecule is Cc1cccc(/C=C/C(=O)N(CC(=O)O)C(C)C)c1. The number of hydrogen-bond acceptors (Lipinski definition) is 2. The van der Waals surface area contributed by atoms with Gasteiger partial charge in [-0.15, -0.1) is 0 Å². The molecular weight excluding hydrogens is 242 g/mol. The lowest BCUT2D eigenvalue weighted by Gasteiger charge is -2.23. The lowest BCUT2D eigenvalue weighted by molar-refractivity contribution is -0.143. The van der Waals surface area contributed by atoms with Crippen LogP contribution in [0.25, 0.3) is 6.08 Å². The minimum atomic E-state index is -1.01. The van der Waals surface area contributed by atoms with Crippen molar-refractivity contribution in [1.29, 1.82) is 0 Å².